The van der Waals surface area contributed by atoms with Crippen molar-refractivity contribution < 1.29 is 14.3 Å². The number of ether oxygens (including phenoxy) is 2. The van der Waals surface area contributed by atoms with Crippen LogP contribution in [0.3, 0.4) is 0 Å². The standard InChI is InChI=1S/C23H21N3O3/c1-25(2)16-8-10-17(11-9-16)26-22(15-7-12-20-21(13-15)29-14-28-20)24-19-6-4-3-5-18(19)23(26)27/h3-13,22,24H,14H2,1-2H3. The van der Waals surface area contributed by atoms with Crippen molar-refractivity contribution in [2.24, 2.45) is 0 Å². The Balaban J connectivity index is 1.61. The van der Waals surface area contributed by atoms with Gasteiger partial charge in [-0.25, -0.2) is 0 Å². The SMILES string of the molecule is CN(C)c1ccc(N2C(=O)c3ccccc3NC2c2ccc3c(c2)OCO3)cc1. The Labute approximate surface area is 169 Å². The van der Waals surface area contributed by atoms with Gasteiger partial charge in [0, 0.05) is 31.2 Å². The summed E-state index contributed by atoms with van der Waals surface area (Å²) < 4.78 is 11.0. The van der Waals surface area contributed by atoms with Crippen molar-refractivity contribution in [1.82, 2.24) is 0 Å². The molecular formula is C23H21N3O3. The predicted molar refractivity (Wildman–Crippen MR) is 113 cm³/mol. The van der Waals surface area contributed by atoms with Crippen LogP contribution in [0.1, 0.15) is 22.1 Å². The molecule has 0 bridgehead atoms. The summed E-state index contributed by atoms with van der Waals surface area (Å²) in [7, 11) is 3.99. The van der Waals surface area contributed by atoms with Gasteiger partial charge in [0.15, 0.2) is 11.5 Å². The lowest BCUT2D eigenvalue weighted by Gasteiger charge is -2.38. The molecule has 0 saturated heterocycles. The van der Waals surface area contributed by atoms with Gasteiger partial charge in [-0.2, -0.15) is 0 Å². The van der Waals surface area contributed by atoms with Crippen LogP contribution in [0.5, 0.6) is 11.5 Å². The molecule has 0 radical (unpaired) electrons. The minimum atomic E-state index is -0.364. The van der Waals surface area contributed by atoms with Gasteiger partial charge in [0.05, 0.1) is 5.56 Å². The van der Waals surface area contributed by atoms with Crippen LogP contribution in [0.25, 0.3) is 0 Å². The first-order valence-corrected chi connectivity index (χ1v) is 9.48. The molecule has 1 N–H and O–H groups in total. The largest absolute Gasteiger partial charge is 0.454 e. The highest BCUT2D eigenvalue weighted by Gasteiger charge is 2.34. The van der Waals surface area contributed by atoms with E-state index in [9.17, 15) is 4.79 Å². The highest BCUT2D eigenvalue weighted by molar-refractivity contribution is 6.12. The van der Waals surface area contributed by atoms with Gasteiger partial charge in [0.1, 0.15) is 6.17 Å². The molecule has 0 aromatic heterocycles. The normalized spacial score (nSPS) is 17.0. The monoisotopic (exact) mass is 387 g/mol. The van der Waals surface area contributed by atoms with Gasteiger partial charge in [0.2, 0.25) is 6.79 Å². The van der Waals surface area contributed by atoms with Crippen LogP contribution >= 0.6 is 0 Å². The zero-order chi connectivity index (χ0) is 20.0. The number of para-hydroxylation sites is 1. The number of nitrogens with zero attached hydrogens (tertiary/aromatic N) is 2. The average molecular weight is 387 g/mol. The van der Waals surface area contributed by atoms with Gasteiger partial charge < -0.3 is 19.7 Å². The van der Waals surface area contributed by atoms with Crippen molar-refractivity contribution in [1.29, 1.82) is 0 Å². The molecule has 0 aliphatic carbocycles. The van der Waals surface area contributed by atoms with E-state index in [1.165, 1.54) is 0 Å². The van der Waals surface area contributed by atoms with Crippen molar-refractivity contribution in [3.05, 3.63) is 77.9 Å². The van der Waals surface area contributed by atoms with E-state index in [0.717, 1.165) is 28.4 Å². The summed E-state index contributed by atoms with van der Waals surface area (Å²) in [5.74, 6) is 1.37. The quantitative estimate of drug-likeness (QED) is 0.728. The second-order valence-electron chi connectivity index (χ2n) is 7.29. The third-order valence-corrected chi connectivity index (χ3v) is 5.28. The minimum Gasteiger partial charge on any atom is -0.454 e. The van der Waals surface area contributed by atoms with Crippen molar-refractivity contribution in [2.45, 2.75) is 6.17 Å². The highest BCUT2D eigenvalue weighted by Crippen LogP contribution is 2.40. The number of carbonyl (C=O) groups is 1. The molecule has 2 heterocycles. The van der Waals surface area contributed by atoms with Crippen molar-refractivity contribution >= 4 is 23.0 Å². The molecule has 29 heavy (non-hydrogen) atoms. The maximum absolute atomic E-state index is 13.5. The number of anilines is 3. The molecule has 0 saturated carbocycles. The molecule has 146 valence electrons. The van der Waals surface area contributed by atoms with E-state index in [4.69, 9.17) is 9.47 Å². The Kier molecular flexibility index (Phi) is 4.05. The van der Waals surface area contributed by atoms with E-state index in [2.05, 4.69) is 5.32 Å². The third-order valence-electron chi connectivity index (χ3n) is 5.28. The third kappa shape index (κ3) is 2.93. The van der Waals surface area contributed by atoms with Gasteiger partial charge >= 0.3 is 0 Å². The van der Waals surface area contributed by atoms with Crippen LogP contribution in [0, 0.1) is 0 Å². The molecule has 1 unspecified atom stereocenters. The number of hydrogen-bond acceptors (Lipinski definition) is 5. The van der Waals surface area contributed by atoms with Gasteiger partial charge in [-0.3, -0.25) is 9.69 Å². The number of benzene rings is 3. The van der Waals surface area contributed by atoms with Crippen LogP contribution in [0.2, 0.25) is 0 Å². The zero-order valence-electron chi connectivity index (χ0n) is 16.3. The fraction of sp³-hybridized carbons (Fsp3) is 0.174. The van der Waals surface area contributed by atoms with E-state index < -0.39 is 0 Å². The Hall–Kier alpha value is -3.67. The molecule has 3 aromatic rings. The van der Waals surface area contributed by atoms with Crippen LogP contribution in [-0.4, -0.2) is 26.8 Å². The smallest absolute Gasteiger partial charge is 0.262 e. The first-order valence-electron chi connectivity index (χ1n) is 9.48. The minimum absolute atomic E-state index is 0.0420. The fourth-order valence-electron chi connectivity index (χ4n) is 3.75. The van der Waals surface area contributed by atoms with Crippen molar-refractivity contribution in [3.63, 3.8) is 0 Å². The molecule has 2 aliphatic rings. The highest BCUT2D eigenvalue weighted by atomic mass is 16.7. The number of amides is 1. The second kappa shape index (κ2) is 6.74. The summed E-state index contributed by atoms with van der Waals surface area (Å²) in [5, 5.41) is 3.52. The maximum Gasteiger partial charge on any atom is 0.262 e. The number of rotatable bonds is 3. The Morgan fingerprint density at radius 1 is 0.966 bits per heavy atom. The molecular weight excluding hydrogens is 366 g/mol. The van der Waals surface area contributed by atoms with Crippen LogP contribution in [0.4, 0.5) is 17.1 Å². The van der Waals surface area contributed by atoms with Crippen molar-refractivity contribution in [3.8, 4) is 11.5 Å². The van der Waals surface area contributed by atoms with Gasteiger partial charge in [0.25, 0.3) is 5.91 Å². The van der Waals surface area contributed by atoms with Crippen molar-refractivity contribution in [2.75, 3.05) is 36.0 Å². The zero-order valence-corrected chi connectivity index (χ0v) is 16.3. The number of hydrogen-bond donors (Lipinski definition) is 1. The summed E-state index contributed by atoms with van der Waals surface area (Å²) in [4.78, 5) is 17.3. The fourth-order valence-corrected chi connectivity index (χ4v) is 3.75. The lowest BCUT2D eigenvalue weighted by atomic mass is 10.0. The van der Waals surface area contributed by atoms with E-state index in [-0.39, 0.29) is 18.9 Å². The molecule has 6 heteroatoms. The number of carbonyl (C=O) groups excluding carboxylic acids is 1. The lowest BCUT2D eigenvalue weighted by molar-refractivity contribution is 0.0975. The summed E-state index contributed by atoms with van der Waals surface area (Å²) in [6, 6.07) is 21.4. The summed E-state index contributed by atoms with van der Waals surface area (Å²) in [6.07, 6.45) is -0.364. The Morgan fingerprint density at radius 3 is 2.52 bits per heavy atom. The van der Waals surface area contributed by atoms with Crippen LogP contribution in [0.15, 0.2) is 66.7 Å². The maximum atomic E-state index is 13.5. The van der Waals surface area contributed by atoms with E-state index in [1.54, 1.807) is 4.90 Å². The average Bonchev–Trinajstić information content (AvgIpc) is 3.22. The van der Waals surface area contributed by atoms with E-state index in [0.29, 0.717) is 11.3 Å². The van der Waals surface area contributed by atoms with E-state index >= 15 is 0 Å². The molecule has 0 spiro atoms. The predicted octanol–water partition coefficient (Wildman–Crippen LogP) is 4.25. The summed E-state index contributed by atoms with van der Waals surface area (Å²) >= 11 is 0. The van der Waals surface area contributed by atoms with Crippen LogP contribution in [-0.2, 0) is 0 Å². The lowest BCUT2D eigenvalue weighted by Crippen LogP contribution is -2.43. The van der Waals surface area contributed by atoms with E-state index in [1.807, 2.05) is 85.7 Å². The summed E-state index contributed by atoms with van der Waals surface area (Å²) in [6.45, 7) is 0.217. The summed E-state index contributed by atoms with van der Waals surface area (Å²) in [5.41, 5.74) is 4.30. The number of fused-ring (bicyclic) bond motifs is 2. The van der Waals surface area contributed by atoms with Crippen LogP contribution < -0.4 is 24.6 Å². The molecule has 3 aromatic carbocycles. The Morgan fingerprint density at radius 2 is 1.72 bits per heavy atom. The van der Waals surface area contributed by atoms with Gasteiger partial charge in [-0.15, -0.1) is 0 Å². The van der Waals surface area contributed by atoms with Gasteiger partial charge in [-0.05, 0) is 54.1 Å². The topological polar surface area (TPSA) is 54.0 Å². The molecule has 6 nitrogen and oxygen atoms in total. The molecule has 2 aliphatic heterocycles. The number of nitrogens with one attached hydrogen (secondary N) is 1. The van der Waals surface area contributed by atoms with Gasteiger partial charge in [-0.1, -0.05) is 18.2 Å². The first-order chi connectivity index (χ1) is 14.1. The Bertz CT molecular complexity index is 1080. The molecule has 0 fully saturated rings. The molecule has 1 amide bonds. The molecule has 1 atom stereocenters. The second-order valence-corrected chi connectivity index (χ2v) is 7.29. The molecule has 5 rings (SSSR count). The first kappa shape index (κ1) is 17.4.